The average molecular weight is 465 g/mol. The van der Waals surface area contributed by atoms with Gasteiger partial charge in [-0.1, -0.05) is 84.7 Å². The molecule has 164 valence electrons. The summed E-state index contributed by atoms with van der Waals surface area (Å²) in [6.45, 7) is 4.14. The van der Waals surface area contributed by atoms with E-state index in [0.29, 0.717) is 16.5 Å². The molecule has 32 heavy (non-hydrogen) atoms. The number of nitrogens with one attached hydrogen (secondary N) is 2. The van der Waals surface area contributed by atoms with Gasteiger partial charge in [-0.05, 0) is 47.7 Å². The van der Waals surface area contributed by atoms with E-state index in [-0.39, 0.29) is 17.9 Å². The van der Waals surface area contributed by atoms with Crippen LogP contribution in [0.3, 0.4) is 0 Å². The van der Waals surface area contributed by atoms with Gasteiger partial charge in [0.25, 0.3) is 0 Å². The highest BCUT2D eigenvalue weighted by Crippen LogP contribution is 2.37. The summed E-state index contributed by atoms with van der Waals surface area (Å²) in [5, 5.41) is 5.27. The van der Waals surface area contributed by atoms with Gasteiger partial charge in [0, 0.05) is 29.4 Å². The Labute approximate surface area is 198 Å². The Morgan fingerprint density at radius 1 is 0.969 bits per heavy atom. The van der Waals surface area contributed by atoms with Crippen molar-refractivity contribution < 1.29 is 4.79 Å². The van der Waals surface area contributed by atoms with Gasteiger partial charge in [-0.25, -0.2) is 0 Å². The molecule has 0 aliphatic carbocycles. The lowest BCUT2D eigenvalue weighted by Gasteiger charge is -2.20. The van der Waals surface area contributed by atoms with Gasteiger partial charge in [-0.15, -0.1) is 0 Å². The lowest BCUT2D eigenvalue weighted by molar-refractivity contribution is -0.121. The topological polar surface area (TPSA) is 44.9 Å². The molecular formula is C27H26Cl2N2O. The fourth-order valence-corrected chi connectivity index (χ4v) is 4.58. The zero-order valence-electron chi connectivity index (χ0n) is 18.2. The molecular weight excluding hydrogens is 439 g/mol. The van der Waals surface area contributed by atoms with Crippen LogP contribution in [-0.4, -0.2) is 10.9 Å². The number of aryl methyl sites for hydroxylation is 1. The lowest BCUT2D eigenvalue weighted by atomic mass is 9.87. The number of carbonyl (C=O) groups is 1. The Hall–Kier alpha value is -2.75. The number of aromatic nitrogens is 1. The minimum atomic E-state index is -0.159. The second-order valence-corrected chi connectivity index (χ2v) is 8.88. The van der Waals surface area contributed by atoms with Gasteiger partial charge in [-0.3, -0.25) is 4.79 Å². The molecule has 1 amide bonds. The van der Waals surface area contributed by atoms with E-state index in [0.717, 1.165) is 34.0 Å². The molecule has 4 aromatic rings. The molecule has 5 heteroatoms. The first-order valence-electron chi connectivity index (χ1n) is 10.9. The van der Waals surface area contributed by atoms with Gasteiger partial charge in [0.05, 0.1) is 16.1 Å². The van der Waals surface area contributed by atoms with Crippen LogP contribution in [0.25, 0.3) is 10.9 Å². The third kappa shape index (κ3) is 4.69. The Morgan fingerprint density at radius 3 is 2.47 bits per heavy atom. The number of hydrogen-bond acceptors (Lipinski definition) is 1. The quantitative estimate of drug-likeness (QED) is 0.293. The van der Waals surface area contributed by atoms with Crippen LogP contribution in [0.15, 0.2) is 72.9 Å². The number of H-pyrrole nitrogens is 1. The molecule has 0 saturated carbocycles. The molecule has 3 nitrogen and oxygen atoms in total. The Kier molecular flexibility index (Phi) is 6.88. The maximum Gasteiger partial charge on any atom is 0.221 e. The van der Waals surface area contributed by atoms with Gasteiger partial charge in [0.2, 0.25) is 5.91 Å². The van der Waals surface area contributed by atoms with Gasteiger partial charge in [0.1, 0.15) is 0 Å². The van der Waals surface area contributed by atoms with Gasteiger partial charge >= 0.3 is 0 Å². The standard InChI is InChI=1S/C27H26Cl2N2O/c1-3-18-10-7-11-21-23(16-30-27(18)21)22(20-12-13-24(28)25(29)14-20)15-26(32)31-17(2)19-8-5-4-6-9-19/h4-14,16-17,22,30H,3,15H2,1-2H3,(H,31,32)/t17-,22+/m0/s1. The van der Waals surface area contributed by atoms with E-state index >= 15 is 0 Å². The largest absolute Gasteiger partial charge is 0.361 e. The van der Waals surface area contributed by atoms with Crippen LogP contribution >= 0.6 is 23.2 Å². The fraction of sp³-hybridized carbons (Fsp3) is 0.222. The predicted octanol–water partition coefficient (Wildman–Crippen LogP) is 7.44. The molecule has 0 saturated heterocycles. The Bertz CT molecular complexity index is 1230. The van der Waals surface area contributed by atoms with Crippen LogP contribution in [0.1, 0.15) is 54.5 Å². The second-order valence-electron chi connectivity index (χ2n) is 8.07. The number of carbonyl (C=O) groups excluding carboxylic acids is 1. The molecule has 0 aliphatic rings. The van der Waals surface area contributed by atoms with E-state index in [1.165, 1.54) is 5.56 Å². The monoisotopic (exact) mass is 464 g/mol. The van der Waals surface area contributed by atoms with Crippen molar-refractivity contribution in [1.29, 1.82) is 0 Å². The highest BCUT2D eigenvalue weighted by atomic mass is 35.5. The summed E-state index contributed by atoms with van der Waals surface area (Å²) in [7, 11) is 0. The van der Waals surface area contributed by atoms with Crippen molar-refractivity contribution in [2.24, 2.45) is 0 Å². The molecule has 2 N–H and O–H groups in total. The van der Waals surface area contributed by atoms with E-state index in [4.69, 9.17) is 23.2 Å². The molecule has 4 rings (SSSR count). The smallest absolute Gasteiger partial charge is 0.221 e. The van der Waals surface area contributed by atoms with Crippen molar-refractivity contribution in [3.63, 3.8) is 0 Å². The number of rotatable bonds is 7. The lowest BCUT2D eigenvalue weighted by Crippen LogP contribution is -2.28. The molecule has 3 aromatic carbocycles. The summed E-state index contributed by atoms with van der Waals surface area (Å²) in [5.41, 5.74) is 5.49. The Morgan fingerprint density at radius 2 is 1.75 bits per heavy atom. The zero-order chi connectivity index (χ0) is 22.7. The summed E-state index contributed by atoms with van der Waals surface area (Å²) in [4.78, 5) is 16.6. The third-order valence-electron chi connectivity index (χ3n) is 6.00. The van der Waals surface area contributed by atoms with E-state index in [9.17, 15) is 4.79 Å². The van der Waals surface area contributed by atoms with Crippen molar-refractivity contribution in [2.75, 3.05) is 0 Å². The zero-order valence-corrected chi connectivity index (χ0v) is 19.7. The van der Waals surface area contributed by atoms with Crippen LogP contribution < -0.4 is 5.32 Å². The number of halogens is 2. The van der Waals surface area contributed by atoms with Crippen molar-refractivity contribution in [1.82, 2.24) is 10.3 Å². The number of hydrogen-bond donors (Lipinski definition) is 2. The summed E-state index contributed by atoms with van der Waals surface area (Å²) in [5.74, 6) is -0.174. The number of benzene rings is 3. The molecule has 2 atom stereocenters. The highest BCUT2D eigenvalue weighted by molar-refractivity contribution is 6.42. The molecule has 1 aromatic heterocycles. The summed E-state index contributed by atoms with van der Waals surface area (Å²) < 4.78 is 0. The molecule has 0 unspecified atom stereocenters. The first-order chi connectivity index (χ1) is 15.5. The molecule has 0 bridgehead atoms. The van der Waals surface area contributed by atoms with Crippen LogP contribution in [0.2, 0.25) is 10.0 Å². The van der Waals surface area contributed by atoms with Crippen molar-refractivity contribution in [2.45, 2.75) is 38.6 Å². The third-order valence-corrected chi connectivity index (χ3v) is 6.74. The molecule has 0 aliphatic heterocycles. The normalized spacial score (nSPS) is 13.1. The van der Waals surface area contributed by atoms with Crippen LogP contribution in [0.5, 0.6) is 0 Å². The second kappa shape index (κ2) is 9.81. The number of amides is 1. The first kappa shape index (κ1) is 22.4. The summed E-state index contributed by atoms with van der Waals surface area (Å²) in [6.07, 6.45) is 3.26. The van der Waals surface area contributed by atoms with E-state index < -0.39 is 0 Å². The SMILES string of the molecule is CCc1cccc2c([C@H](CC(=O)N[C@@H](C)c3ccccc3)c3ccc(Cl)c(Cl)c3)c[nH]c12. The number of aromatic amines is 1. The van der Waals surface area contributed by atoms with Gasteiger partial charge in [-0.2, -0.15) is 0 Å². The number of para-hydroxylation sites is 1. The maximum atomic E-state index is 13.1. The molecule has 0 fully saturated rings. The highest BCUT2D eigenvalue weighted by Gasteiger charge is 2.23. The van der Waals surface area contributed by atoms with Crippen LogP contribution in [0, 0.1) is 0 Å². The van der Waals surface area contributed by atoms with Crippen molar-refractivity contribution in [3.8, 4) is 0 Å². The van der Waals surface area contributed by atoms with E-state index in [1.54, 1.807) is 6.07 Å². The molecule has 1 heterocycles. The van der Waals surface area contributed by atoms with E-state index in [1.807, 2.05) is 55.6 Å². The summed E-state index contributed by atoms with van der Waals surface area (Å²) in [6, 6.07) is 21.8. The van der Waals surface area contributed by atoms with Crippen LogP contribution in [-0.2, 0) is 11.2 Å². The van der Waals surface area contributed by atoms with E-state index in [2.05, 4.69) is 35.4 Å². The first-order valence-corrected chi connectivity index (χ1v) is 11.6. The maximum absolute atomic E-state index is 13.1. The van der Waals surface area contributed by atoms with Gasteiger partial charge < -0.3 is 10.3 Å². The predicted molar refractivity (Wildman–Crippen MR) is 134 cm³/mol. The Balaban J connectivity index is 1.69. The number of fused-ring (bicyclic) bond motifs is 1. The summed E-state index contributed by atoms with van der Waals surface area (Å²) >= 11 is 12.5. The van der Waals surface area contributed by atoms with Crippen molar-refractivity contribution >= 4 is 40.0 Å². The average Bonchev–Trinajstić information content (AvgIpc) is 3.24. The van der Waals surface area contributed by atoms with Crippen LogP contribution in [0.4, 0.5) is 0 Å². The van der Waals surface area contributed by atoms with Gasteiger partial charge in [0.15, 0.2) is 0 Å². The molecule has 0 spiro atoms. The molecule has 0 radical (unpaired) electrons. The minimum Gasteiger partial charge on any atom is -0.361 e. The fourth-order valence-electron chi connectivity index (χ4n) is 4.27. The van der Waals surface area contributed by atoms with Crippen molar-refractivity contribution in [3.05, 3.63) is 105 Å². The minimum absolute atomic E-state index is 0.0154.